The molecule has 8 heteroatoms. The lowest BCUT2D eigenvalue weighted by atomic mass is 9.88. The molecule has 0 amide bonds. The quantitative estimate of drug-likeness (QED) is 0.631. The molecule has 0 unspecified atom stereocenters. The number of carbonyl (C=O) groups is 2. The van der Waals surface area contributed by atoms with Crippen molar-refractivity contribution >= 4 is 23.7 Å². The molecule has 0 aromatic heterocycles. The van der Waals surface area contributed by atoms with Crippen LogP contribution in [-0.4, -0.2) is 47.2 Å². The number of thioether (sulfide) groups is 1. The van der Waals surface area contributed by atoms with Crippen molar-refractivity contribution in [1.29, 1.82) is 0 Å². The van der Waals surface area contributed by atoms with Crippen molar-refractivity contribution in [2.75, 3.05) is 20.1 Å². The molecule has 2 aromatic rings. The first-order valence-corrected chi connectivity index (χ1v) is 10.7. The minimum absolute atomic E-state index is 0.155. The van der Waals surface area contributed by atoms with E-state index in [4.69, 9.17) is 10.2 Å². The number of hydrogen-bond acceptors (Lipinski definition) is 4. The van der Waals surface area contributed by atoms with E-state index in [1.807, 2.05) is 24.3 Å². The summed E-state index contributed by atoms with van der Waals surface area (Å²) in [4.78, 5) is 21.4. The van der Waals surface area contributed by atoms with Gasteiger partial charge in [-0.1, -0.05) is 36.4 Å². The number of benzene rings is 2. The Bertz CT molecular complexity index is 911. The molecule has 0 spiro atoms. The number of piperidine rings is 1. The highest BCUT2D eigenvalue weighted by molar-refractivity contribution is 7.99. The zero-order valence-corrected chi connectivity index (χ0v) is 17.9. The maximum absolute atomic E-state index is 14.4. The molecule has 0 saturated carbocycles. The summed E-state index contributed by atoms with van der Waals surface area (Å²) in [5, 5.41) is 15.6. The molecule has 1 heterocycles. The van der Waals surface area contributed by atoms with Gasteiger partial charge in [0.1, 0.15) is 11.6 Å². The monoisotopic (exact) mass is 449 g/mol. The molecule has 2 N–H and O–H groups in total. The Balaban J connectivity index is 0.000000366. The third-order valence-electron chi connectivity index (χ3n) is 4.99. The highest BCUT2D eigenvalue weighted by Gasteiger charge is 2.37. The normalized spacial score (nSPS) is 15.8. The molecule has 0 aliphatic carbocycles. The Labute approximate surface area is 184 Å². The molecule has 1 saturated heterocycles. The fourth-order valence-corrected chi connectivity index (χ4v) is 4.73. The minimum atomic E-state index is -1.26. The number of likely N-dealkylation sites (tertiary alicyclic amines) is 1. The van der Waals surface area contributed by atoms with Crippen LogP contribution in [0.3, 0.4) is 0 Å². The van der Waals surface area contributed by atoms with Crippen LogP contribution in [0.5, 0.6) is 0 Å². The molecule has 1 aliphatic heterocycles. The highest BCUT2D eigenvalue weighted by Crippen LogP contribution is 2.47. The number of carboxylic acid groups (broad SMARTS) is 2. The number of halogens is 2. The average molecular weight is 450 g/mol. The predicted octanol–water partition coefficient (Wildman–Crippen LogP) is 4.53. The van der Waals surface area contributed by atoms with Crippen molar-refractivity contribution in [3.8, 4) is 0 Å². The van der Waals surface area contributed by atoms with Gasteiger partial charge in [-0.25, -0.2) is 18.4 Å². The summed E-state index contributed by atoms with van der Waals surface area (Å²) in [6, 6.07) is 13.9. The first-order valence-electron chi connectivity index (χ1n) is 9.68. The second-order valence-electron chi connectivity index (χ2n) is 7.17. The van der Waals surface area contributed by atoms with E-state index in [1.165, 1.54) is 12.1 Å². The summed E-state index contributed by atoms with van der Waals surface area (Å²) in [5.74, 6) is -2.29. The number of aliphatic carboxylic acids is 2. The van der Waals surface area contributed by atoms with Crippen LogP contribution in [0.1, 0.15) is 24.0 Å². The molecule has 31 heavy (non-hydrogen) atoms. The van der Waals surface area contributed by atoms with E-state index in [-0.39, 0.29) is 16.4 Å². The molecular formula is C23H25F2NO4S. The standard InChI is InChI=1S/C19H21F2NS.C4H4O4/c1-22-12-10-19(11-13-22,16-7-3-5-9-18(16)21)23-14-15-6-2-4-8-17(15)20;5-3(6)1-2-4(7)8/h2-9H,10-14H2,1H3;1-2H,(H,5,6)(H,7,8). The summed E-state index contributed by atoms with van der Waals surface area (Å²) >= 11 is 1.67. The van der Waals surface area contributed by atoms with Gasteiger partial charge in [-0.2, -0.15) is 0 Å². The minimum Gasteiger partial charge on any atom is -0.478 e. The van der Waals surface area contributed by atoms with Crippen molar-refractivity contribution in [3.63, 3.8) is 0 Å². The summed E-state index contributed by atoms with van der Waals surface area (Å²) in [7, 11) is 2.09. The number of nitrogens with zero attached hydrogens (tertiary/aromatic N) is 1. The fraction of sp³-hybridized carbons (Fsp3) is 0.304. The van der Waals surface area contributed by atoms with Gasteiger partial charge in [-0.3, -0.25) is 0 Å². The average Bonchev–Trinajstić information content (AvgIpc) is 2.74. The van der Waals surface area contributed by atoms with Gasteiger partial charge in [0.15, 0.2) is 0 Å². The fourth-order valence-electron chi connectivity index (χ4n) is 3.28. The van der Waals surface area contributed by atoms with Gasteiger partial charge in [0, 0.05) is 28.2 Å². The van der Waals surface area contributed by atoms with Crippen molar-refractivity contribution < 1.29 is 28.6 Å². The topological polar surface area (TPSA) is 77.8 Å². The van der Waals surface area contributed by atoms with Crippen molar-refractivity contribution in [1.82, 2.24) is 4.90 Å². The van der Waals surface area contributed by atoms with Crippen LogP contribution in [-0.2, 0) is 20.1 Å². The molecule has 166 valence electrons. The van der Waals surface area contributed by atoms with Crippen molar-refractivity contribution in [2.45, 2.75) is 23.3 Å². The molecule has 2 aromatic carbocycles. The van der Waals surface area contributed by atoms with Gasteiger partial charge < -0.3 is 15.1 Å². The molecule has 0 atom stereocenters. The zero-order valence-electron chi connectivity index (χ0n) is 17.1. The molecule has 0 radical (unpaired) electrons. The number of hydrogen-bond donors (Lipinski definition) is 2. The predicted molar refractivity (Wildman–Crippen MR) is 117 cm³/mol. The third-order valence-corrected chi connectivity index (χ3v) is 6.63. The lowest BCUT2D eigenvalue weighted by Gasteiger charge is -2.41. The maximum Gasteiger partial charge on any atom is 0.328 e. The van der Waals surface area contributed by atoms with Gasteiger partial charge in [0.05, 0.1) is 0 Å². The summed E-state index contributed by atoms with van der Waals surface area (Å²) < 4.78 is 28.1. The largest absolute Gasteiger partial charge is 0.478 e. The zero-order chi connectivity index (χ0) is 22.9. The van der Waals surface area contributed by atoms with Crippen LogP contribution in [0, 0.1) is 11.6 Å². The van der Waals surface area contributed by atoms with E-state index >= 15 is 0 Å². The van der Waals surface area contributed by atoms with E-state index < -0.39 is 11.9 Å². The van der Waals surface area contributed by atoms with Crippen molar-refractivity contribution in [3.05, 3.63) is 83.4 Å². The molecule has 0 bridgehead atoms. The summed E-state index contributed by atoms with van der Waals surface area (Å²) in [6.45, 7) is 1.86. The lowest BCUT2D eigenvalue weighted by Crippen LogP contribution is -2.39. The maximum atomic E-state index is 14.4. The first kappa shape index (κ1) is 24.6. The Hall–Kier alpha value is -2.71. The Kier molecular flexibility index (Phi) is 9.21. The van der Waals surface area contributed by atoms with Crippen LogP contribution in [0.4, 0.5) is 8.78 Å². The van der Waals surface area contributed by atoms with Gasteiger partial charge in [0.25, 0.3) is 0 Å². The van der Waals surface area contributed by atoms with Crippen LogP contribution < -0.4 is 0 Å². The van der Waals surface area contributed by atoms with Crippen LogP contribution in [0.2, 0.25) is 0 Å². The number of carboxylic acids is 2. The van der Waals surface area contributed by atoms with E-state index in [0.29, 0.717) is 23.5 Å². The second kappa shape index (κ2) is 11.6. The molecule has 1 fully saturated rings. The van der Waals surface area contributed by atoms with E-state index in [1.54, 1.807) is 23.9 Å². The van der Waals surface area contributed by atoms with Gasteiger partial charge >= 0.3 is 11.9 Å². The SMILES string of the molecule is CN1CCC(SCc2ccccc2F)(c2ccccc2F)CC1.O=C(O)C=CC(=O)O. The van der Waals surface area contributed by atoms with Crippen LogP contribution >= 0.6 is 11.8 Å². The lowest BCUT2D eigenvalue weighted by molar-refractivity contribution is -0.134. The Morgan fingerprint density at radius 1 is 0.968 bits per heavy atom. The summed E-state index contributed by atoms with van der Waals surface area (Å²) in [5.41, 5.74) is 1.45. The molecule has 5 nitrogen and oxygen atoms in total. The molecular weight excluding hydrogens is 424 g/mol. The van der Waals surface area contributed by atoms with Gasteiger partial charge in [0.2, 0.25) is 0 Å². The second-order valence-corrected chi connectivity index (χ2v) is 8.53. The van der Waals surface area contributed by atoms with Gasteiger partial charge in [-0.05, 0) is 50.7 Å². The van der Waals surface area contributed by atoms with E-state index in [0.717, 1.165) is 31.5 Å². The Morgan fingerprint density at radius 2 is 1.48 bits per heavy atom. The van der Waals surface area contributed by atoms with Crippen molar-refractivity contribution in [2.24, 2.45) is 0 Å². The smallest absolute Gasteiger partial charge is 0.328 e. The van der Waals surface area contributed by atoms with E-state index in [2.05, 4.69) is 11.9 Å². The van der Waals surface area contributed by atoms with Crippen LogP contribution in [0.15, 0.2) is 60.7 Å². The van der Waals surface area contributed by atoms with Crippen LogP contribution in [0.25, 0.3) is 0 Å². The first-order chi connectivity index (χ1) is 14.7. The third kappa shape index (κ3) is 7.48. The Morgan fingerprint density at radius 3 is 2.00 bits per heavy atom. The summed E-state index contributed by atoms with van der Waals surface area (Å²) in [6.07, 6.45) is 2.87. The highest BCUT2D eigenvalue weighted by atomic mass is 32.2. The number of rotatable bonds is 6. The molecule has 3 rings (SSSR count). The van der Waals surface area contributed by atoms with Gasteiger partial charge in [-0.15, -0.1) is 11.8 Å². The van der Waals surface area contributed by atoms with E-state index in [9.17, 15) is 18.4 Å². The molecule has 1 aliphatic rings.